The number of aryl methyl sites for hydroxylation is 1. The normalized spacial score (nSPS) is 11.2. The van der Waals surface area contributed by atoms with Crippen LogP contribution in [0.5, 0.6) is 0 Å². The molecule has 0 aliphatic carbocycles. The summed E-state index contributed by atoms with van der Waals surface area (Å²) in [6.45, 7) is 1.93. The van der Waals surface area contributed by atoms with Crippen LogP contribution in [0.3, 0.4) is 0 Å². The predicted molar refractivity (Wildman–Crippen MR) is 113 cm³/mol. The average molecular weight is 433 g/mol. The molecule has 1 amide bonds. The minimum absolute atomic E-state index is 0.0285. The van der Waals surface area contributed by atoms with Gasteiger partial charge in [0, 0.05) is 12.7 Å². The smallest absolute Gasteiger partial charge is 0.264 e. The number of benzene rings is 3. The van der Waals surface area contributed by atoms with Crippen molar-refractivity contribution in [2.75, 3.05) is 16.7 Å². The topological polar surface area (TPSA) is 66.5 Å². The van der Waals surface area contributed by atoms with Crippen LogP contribution < -0.4 is 9.62 Å². The number of nitrogens with one attached hydrogen (secondary N) is 1. The van der Waals surface area contributed by atoms with Crippen molar-refractivity contribution in [3.63, 3.8) is 0 Å². The number of sulfonamides is 1. The molecule has 0 radical (unpaired) electrons. The highest BCUT2D eigenvalue weighted by Gasteiger charge is 2.24. The van der Waals surface area contributed by atoms with Crippen LogP contribution in [0.25, 0.3) is 0 Å². The van der Waals surface area contributed by atoms with Gasteiger partial charge in [0.2, 0.25) is 0 Å². The molecule has 0 saturated heterocycles. The van der Waals surface area contributed by atoms with Gasteiger partial charge in [0.1, 0.15) is 5.82 Å². The Bertz CT molecular complexity index is 1150. The summed E-state index contributed by atoms with van der Waals surface area (Å²) >= 11 is 6.14. The lowest BCUT2D eigenvalue weighted by atomic mass is 10.2. The van der Waals surface area contributed by atoms with E-state index in [4.69, 9.17) is 11.6 Å². The van der Waals surface area contributed by atoms with E-state index < -0.39 is 21.7 Å². The van der Waals surface area contributed by atoms with Gasteiger partial charge in [-0.05, 0) is 61.5 Å². The molecule has 0 saturated carbocycles. The van der Waals surface area contributed by atoms with Crippen molar-refractivity contribution in [3.8, 4) is 0 Å². The van der Waals surface area contributed by atoms with Crippen molar-refractivity contribution < 1.29 is 17.6 Å². The number of nitrogens with zero attached hydrogens (tertiary/aromatic N) is 1. The molecule has 0 unspecified atom stereocenters. The molecule has 29 heavy (non-hydrogen) atoms. The molecular weight excluding hydrogens is 415 g/mol. The second-order valence-corrected chi connectivity index (χ2v) is 8.79. The van der Waals surface area contributed by atoms with Gasteiger partial charge in [-0.15, -0.1) is 0 Å². The van der Waals surface area contributed by atoms with E-state index in [1.165, 1.54) is 49.5 Å². The van der Waals surface area contributed by atoms with Crippen LogP contribution in [0.1, 0.15) is 15.9 Å². The quantitative estimate of drug-likeness (QED) is 0.625. The zero-order valence-corrected chi connectivity index (χ0v) is 17.3. The van der Waals surface area contributed by atoms with Gasteiger partial charge in [-0.1, -0.05) is 29.3 Å². The molecule has 0 bridgehead atoms. The molecule has 3 aromatic carbocycles. The molecule has 8 heteroatoms. The van der Waals surface area contributed by atoms with E-state index in [2.05, 4.69) is 5.32 Å². The zero-order valence-electron chi connectivity index (χ0n) is 15.7. The number of carbonyl (C=O) groups excluding carboxylic acids is 1. The molecule has 0 spiro atoms. The van der Waals surface area contributed by atoms with Gasteiger partial charge in [0.15, 0.2) is 0 Å². The van der Waals surface area contributed by atoms with Crippen LogP contribution in [0.4, 0.5) is 15.8 Å². The second-order valence-electron chi connectivity index (χ2n) is 6.41. The maximum Gasteiger partial charge on any atom is 0.264 e. The SMILES string of the molecule is Cc1ccc(NC(=O)c2cc(S(=O)(=O)N(C)c3ccc(F)cc3)ccc2Cl)cc1. The van der Waals surface area contributed by atoms with E-state index in [1.54, 1.807) is 12.1 Å². The maximum atomic E-state index is 13.1. The predicted octanol–water partition coefficient (Wildman–Crippen LogP) is 4.86. The standard InChI is InChI=1S/C21H18ClFN2O3S/c1-14-3-7-16(8-4-14)24-21(26)19-13-18(11-12-20(19)22)29(27,28)25(2)17-9-5-15(23)6-10-17/h3-13H,1-2H3,(H,24,26). The number of anilines is 2. The lowest BCUT2D eigenvalue weighted by Crippen LogP contribution is -2.27. The summed E-state index contributed by atoms with van der Waals surface area (Å²) in [5.74, 6) is -0.999. The van der Waals surface area contributed by atoms with Gasteiger partial charge >= 0.3 is 0 Å². The minimum atomic E-state index is -3.98. The third-order valence-corrected chi connectivity index (χ3v) is 6.45. The first-order chi connectivity index (χ1) is 13.7. The van der Waals surface area contributed by atoms with E-state index in [0.29, 0.717) is 5.69 Å². The van der Waals surface area contributed by atoms with Crippen molar-refractivity contribution in [1.29, 1.82) is 0 Å². The van der Waals surface area contributed by atoms with Gasteiger partial charge in [-0.3, -0.25) is 9.10 Å². The van der Waals surface area contributed by atoms with Crippen molar-refractivity contribution in [2.24, 2.45) is 0 Å². The molecular formula is C21H18ClFN2O3S. The van der Waals surface area contributed by atoms with Gasteiger partial charge in [-0.25, -0.2) is 12.8 Å². The largest absolute Gasteiger partial charge is 0.322 e. The summed E-state index contributed by atoms with van der Waals surface area (Å²) in [7, 11) is -2.63. The van der Waals surface area contributed by atoms with Gasteiger partial charge in [-0.2, -0.15) is 0 Å². The Morgan fingerprint density at radius 2 is 1.62 bits per heavy atom. The third kappa shape index (κ3) is 4.58. The maximum absolute atomic E-state index is 13.1. The van der Waals surface area contributed by atoms with E-state index in [9.17, 15) is 17.6 Å². The van der Waals surface area contributed by atoms with Gasteiger partial charge in [0.25, 0.3) is 15.9 Å². The molecule has 0 fully saturated rings. The number of hydrogen-bond donors (Lipinski definition) is 1. The Labute approximate surface area is 173 Å². The Morgan fingerprint density at radius 3 is 2.24 bits per heavy atom. The number of amides is 1. The van der Waals surface area contributed by atoms with Crippen LogP contribution in [-0.4, -0.2) is 21.4 Å². The fourth-order valence-electron chi connectivity index (χ4n) is 2.62. The first-order valence-electron chi connectivity index (χ1n) is 8.60. The molecule has 5 nitrogen and oxygen atoms in total. The minimum Gasteiger partial charge on any atom is -0.322 e. The summed E-state index contributed by atoms with van der Waals surface area (Å²) in [6.07, 6.45) is 0. The van der Waals surface area contributed by atoms with Crippen molar-refractivity contribution in [2.45, 2.75) is 11.8 Å². The van der Waals surface area contributed by atoms with E-state index in [1.807, 2.05) is 19.1 Å². The first kappa shape index (κ1) is 20.8. The summed E-state index contributed by atoms with van der Waals surface area (Å²) in [4.78, 5) is 12.5. The fraction of sp³-hybridized carbons (Fsp3) is 0.0952. The Balaban J connectivity index is 1.91. The van der Waals surface area contributed by atoms with Crippen molar-refractivity contribution in [3.05, 3.63) is 88.7 Å². The molecule has 0 aliphatic rings. The lowest BCUT2D eigenvalue weighted by Gasteiger charge is -2.20. The third-order valence-electron chi connectivity index (χ3n) is 4.34. The average Bonchev–Trinajstić information content (AvgIpc) is 2.70. The molecule has 0 atom stereocenters. The fourth-order valence-corrected chi connectivity index (χ4v) is 4.05. The number of hydrogen-bond acceptors (Lipinski definition) is 3. The van der Waals surface area contributed by atoms with Crippen molar-refractivity contribution in [1.82, 2.24) is 0 Å². The highest BCUT2D eigenvalue weighted by Crippen LogP contribution is 2.26. The number of carbonyl (C=O) groups is 1. The highest BCUT2D eigenvalue weighted by atomic mass is 35.5. The lowest BCUT2D eigenvalue weighted by molar-refractivity contribution is 0.102. The van der Waals surface area contributed by atoms with E-state index >= 15 is 0 Å². The molecule has 3 rings (SSSR count). The second kappa shape index (κ2) is 8.23. The Morgan fingerprint density at radius 1 is 1.00 bits per heavy atom. The molecule has 0 aliphatic heterocycles. The monoisotopic (exact) mass is 432 g/mol. The summed E-state index contributed by atoms with van der Waals surface area (Å²) in [5, 5.41) is 2.82. The highest BCUT2D eigenvalue weighted by molar-refractivity contribution is 7.92. The summed E-state index contributed by atoms with van der Waals surface area (Å²) < 4.78 is 40.1. The van der Waals surface area contributed by atoms with Gasteiger partial charge in [0.05, 0.1) is 21.2 Å². The molecule has 3 aromatic rings. The Kier molecular flexibility index (Phi) is 5.91. The zero-order chi connectivity index (χ0) is 21.2. The first-order valence-corrected chi connectivity index (χ1v) is 10.4. The summed E-state index contributed by atoms with van der Waals surface area (Å²) in [5.41, 5.74) is 1.92. The van der Waals surface area contributed by atoms with Gasteiger partial charge < -0.3 is 5.32 Å². The van der Waals surface area contributed by atoms with E-state index in [0.717, 1.165) is 9.87 Å². The van der Waals surface area contributed by atoms with Crippen LogP contribution in [-0.2, 0) is 10.0 Å². The summed E-state index contributed by atoms with van der Waals surface area (Å²) in [6, 6.07) is 16.1. The van der Waals surface area contributed by atoms with Crippen LogP contribution in [0.2, 0.25) is 5.02 Å². The number of rotatable bonds is 5. The molecule has 0 heterocycles. The number of halogens is 2. The Hall–Kier alpha value is -2.90. The molecule has 150 valence electrons. The van der Waals surface area contributed by atoms with Crippen LogP contribution in [0.15, 0.2) is 71.6 Å². The molecule has 0 aromatic heterocycles. The van der Waals surface area contributed by atoms with Crippen LogP contribution >= 0.6 is 11.6 Å². The molecule has 1 N–H and O–H groups in total. The van der Waals surface area contributed by atoms with Crippen LogP contribution in [0, 0.1) is 12.7 Å². The van der Waals surface area contributed by atoms with Crippen molar-refractivity contribution >= 4 is 38.9 Å². The van der Waals surface area contributed by atoms with E-state index in [-0.39, 0.29) is 21.2 Å².